The molecule has 1 aromatic carbocycles. The summed E-state index contributed by atoms with van der Waals surface area (Å²) >= 11 is 3.63. The second-order valence-electron chi connectivity index (χ2n) is 5.88. The van der Waals surface area contributed by atoms with Crippen molar-refractivity contribution >= 4 is 15.9 Å². The maximum atomic E-state index is 10.3. The monoisotopic (exact) mass is 326 g/mol. The Balaban J connectivity index is 2.33. The van der Waals surface area contributed by atoms with E-state index in [9.17, 15) is 5.11 Å². The van der Waals surface area contributed by atoms with Crippen molar-refractivity contribution in [2.45, 2.75) is 32.2 Å². The van der Waals surface area contributed by atoms with E-state index in [1.165, 1.54) is 0 Å². The van der Waals surface area contributed by atoms with Gasteiger partial charge in [0.1, 0.15) is 5.75 Å². The highest BCUT2D eigenvalue weighted by atomic mass is 79.9. The second-order valence-corrected chi connectivity index (χ2v) is 6.73. The Labute approximate surface area is 123 Å². The molecule has 2 atom stereocenters. The minimum atomic E-state index is 0.270. The molecule has 106 valence electrons. The molecule has 0 aromatic heterocycles. The summed E-state index contributed by atoms with van der Waals surface area (Å²) in [4.78, 5) is 2.29. The lowest BCUT2D eigenvalue weighted by Crippen LogP contribution is -2.20. The van der Waals surface area contributed by atoms with Crippen LogP contribution in [-0.4, -0.2) is 30.1 Å². The van der Waals surface area contributed by atoms with Crippen molar-refractivity contribution < 1.29 is 5.11 Å². The normalized spacial score (nSPS) is 24.3. The molecule has 1 fully saturated rings. The molecule has 1 aromatic rings. The lowest BCUT2D eigenvalue weighted by atomic mass is 9.95. The lowest BCUT2D eigenvalue weighted by Gasteiger charge is -2.22. The Morgan fingerprint density at radius 3 is 2.68 bits per heavy atom. The van der Waals surface area contributed by atoms with Crippen LogP contribution in [0.25, 0.3) is 0 Å². The summed E-state index contributed by atoms with van der Waals surface area (Å²) in [5.74, 6) is 1.33. The van der Waals surface area contributed by atoms with Crippen molar-refractivity contribution in [3.05, 3.63) is 27.7 Å². The summed E-state index contributed by atoms with van der Waals surface area (Å²) in [5, 5.41) is 10.3. The van der Waals surface area contributed by atoms with E-state index in [-0.39, 0.29) is 6.04 Å². The van der Waals surface area contributed by atoms with Crippen LogP contribution in [0.2, 0.25) is 0 Å². The van der Waals surface area contributed by atoms with E-state index in [0.29, 0.717) is 24.1 Å². The number of nitrogens with zero attached hydrogens (tertiary/aromatic N) is 1. The Bertz CT molecular complexity index is 462. The second kappa shape index (κ2) is 5.81. The summed E-state index contributed by atoms with van der Waals surface area (Å²) < 4.78 is 1.08. The number of nitrogens with two attached hydrogens (primary N) is 1. The molecule has 0 bridgehead atoms. The number of phenols is 1. The highest BCUT2D eigenvalue weighted by molar-refractivity contribution is 9.10. The van der Waals surface area contributed by atoms with Gasteiger partial charge in [0.2, 0.25) is 0 Å². The molecule has 0 amide bonds. The number of phenolic OH excluding ortho intramolecular Hbond substituents is 1. The topological polar surface area (TPSA) is 49.5 Å². The maximum Gasteiger partial charge on any atom is 0.120 e. The van der Waals surface area contributed by atoms with E-state index in [0.717, 1.165) is 28.6 Å². The molecule has 0 radical (unpaired) electrons. The fourth-order valence-electron chi connectivity index (χ4n) is 2.94. The average Bonchev–Trinajstić information content (AvgIpc) is 2.72. The molecule has 0 aliphatic carbocycles. The summed E-state index contributed by atoms with van der Waals surface area (Å²) in [6.45, 7) is 5.98. The molecule has 3 nitrogen and oxygen atoms in total. The summed E-state index contributed by atoms with van der Waals surface area (Å²) in [5.41, 5.74) is 7.93. The Morgan fingerprint density at radius 2 is 2.16 bits per heavy atom. The first-order chi connectivity index (χ1) is 8.93. The van der Waals surface area contributed by atoms with Crippen molar-refractivity contribution in [1.82, 2.24) is 4.90 Å². The van der Waals surface area contributed by atoms with Crippen LogP contribution in [0.15, 0.2) is 16.6 Å². The van der Waals surface area contributed by atoms with Gasteiger partial charge >= 0.3 is 0 Å². The first-order valence-corrected chi connectivity index (χ1v) is 7.66. The molecule has 19 heavy (non-hydrogen) atoms. The molecule has 1 heterocycles. The minimum absolute atomic E-state index is 0.270. The van der Waals surface area contributed by atoms with Crippen molar-refractivity contribution in [3.8, 4) is 5.75 Å². The molecule has 2 unspecified atom stereocenters. The number of aromatic hydroxyl groups is 1. The number of rotatable bonds is 3. The standard InChI is InChI=1S/C15H23BrN2O/c1-9(2)11-6-15(19)12(5-13(11)16)14-4-10(7-17)8-18(14)3/h5-6,9-10,14,19H,4,7-8,17H2,1-3H3. The zero-order valence-corrected chi connectivity index (χ0v) is 13.4. The zero-order valence-electron chi connectivity index (χ0n) is 11.9. The molecule has 1 saturated heterocycles. The fourth-order valence-corrected chi connectivity index (χ4v) is 3.76. The Morgan fingerprint density at radius 1 is 1.47 bits per heavy atom. The van der Waals surface area contributed by atoms with Gasteiger partial charge in [0.05, 0.1) is 0 Å². The van der Waals surface area contributed by atoms with Gasteiger partial charge in [-0.15, -0.1) is 0 Å². The van der Waals surface area contributed by atoms with Crippen LogP contribution in [0, 0.1) is 5.92 Å². The molecular formula is C15H23BrN2O. The highest BCUT2D eigenvalue weighted by Crippen LogP contribution is 2.41. The molecule has 0 spiro atoms. The molecular weight excluding hydrogens is 304 g/mol. The van der Waals surface area contributed by atoms with Gasteiger partial charge in [-0.05, 0) is 49.5 Å². The summed E-state index contributed by atoms with van der Waals surface area (Å²) in [6, 6.07) is 4.24. The van der Waals surface area contributed by atoms with Crippen LogP contribution >= 0.6 is 15.9 Å². The van der Waals surface area contributed by atoms with Crippen LogP contribution in [0.4, 0.5) is 0 Å². The quantitative estimate of drug-likeness (QED) is 0.896. The lowest BCUT2D eigenvalue weighted by molar-refractivity contribution is 0.305. The third kappa shape index (κ3) is 2.96. The third-order valence-electron chi connectivity index (χ3n) is 4.10. The molecule has 4 heteroatoms. The molecule has 0 saturated carbocycles. The minimum Gasteiger partial charge on any atom is -0.508 e. The summed E-state index contributed by atoms with van der Waals surface area (Å²) in [7, 11) is 2.10. The van der Waals surface area contributed by atoms with Crippen LogP contribution in [0.3, 0.4) is 0 Å². The highest BCUT2D eigenvalue weighted by Gasteiger charge is 2.31. The first kappa shape index (κ1) is 14.8. The Hall–Kier alpha value is -0.580. The van der Waals surface area contributed by atoms with Crippen molar-refractivity contribution in [3.63, 3.8) is 0 Å². The molecule has 1 aliphatic rings. The van der Waals surface area contributed by atoms with E-state index in [4.69, 9.17) is 5.73 Å². The van der Waals surface area contributed by atoms with E-state index in [2.05, 4.69) is 47.8 Å². The SMILES string of the molecule is CC(C)c1cc(O)c(C2CC(CN)CN2C)cc1Br. The number of hydrogen-bond acceptors (Lipinski definition) is 3. The van der Waals surface area contributed by atoms with Gasteiger partial charge in [-0.3, -0.25) is 4.90 Å². The molecule has 3 N–H and O–H groups in total. The van der Waals surface area contributed by atoms with Crippen LogP contribution < -0.4 is 5.73 Å². The largest absolute Gasteiger partial charge is 0.508 e. The fraction of sp³-hybridized carbons (Fsp3) is 0.600. The van der Waals surface area contributed by atoms with Gasteiger partial charge in [0.15, 0.2) is 0 Å². The molecule has 2 rings (SSSR count). The Kier molecular flexibility index (Phi) is 4.54. The van der Waals surface area contributed by atoms with Gasteiger partial charge in [0, 0.05) is 22.6 Å². The van der Waals surface area contributed by atoms with Gasteiger partial charge < -0.3 is 10.8 Å². The average molecular weight is 327 g/mol. The van der Waals surface area contributed by atoms with Crippen molar-refractivity contribution in [1.29, 1.82) is 0 Å². The van der Waals surface area contributed by atoms with Gasteiger partial charge in [0.25, 0.3) is 0 Å². The van der Waals surface area contributed by atoms with E-state index >= 15 is 0 Å². The van der Waals surface area contributed by atoms with Crippen LogP contribution in [-0.2, 0) is 0 Å². The van der Waals surface area contributed by atoms with Crippen molar-refractivity contribution in [2.24, 2.45) is 11.7 Å². The van der Waals surface area contributed by atoms with E-state index < -0.39 is 0 Å². The predicted molar refractivity (Wildman–Crippen MR) is 82.4 cm³/mol. The van der Waals surface area contributed by atoms with Crippen LogP contribution in [0.5, 0.6) is 5.75 Å². The summed E-state index contributed by atoms with van der Waals surface area (Å²) in [6.07, 6.45) is 1.02. The van der Waals surface area contributed by atoms with Crippen molar-refractivity contribution in [2.75, 3.05) is 20.1 Å². The maximum absolute atomic E-state index is 10.3. The molecule has 1 aliphatic heterocycles. The third-order valence-corrected chi connectivity index (χ3v) is 4.78. The van der Waals surface area contributed by atoms with Gasteiger partial charge in [-0.2, -0.15) is 0 Å². The smallest absolute Gasteiger partial charge is 0.120 e. The van der Waals surface area contributed by atoms with E-state index in [1.54, 1.807) is 0 Å². The predicted octanol–water partition coefficient (Wildman–Crippen LogP) is 3.23. The first-order valence-electron chi connectivity index (χ1n) is 6.86. The number of benzene rings is 1. The van der Waals surface area contributed by atoms with Gasteiger partial charge in [-0.1, -0.05) is 29.8 Å². The van der Waals surface area contributed by atoms with Crippen LogP contribution in [0.1, 0.15) is 43.4 Å². The van der Waals surface area contributed by atoms with Gasteiger partial charge in [-0.25, -0.2) is 0 Å². The number of hydrogen-bond donors (Lipinski definition) is 2. The zero-order chi connectivity index (χ0) is 14.2. The number of halogens is 1. The number of likely N-dealkylation sites (tertiary alicyclic amines) is 1. The van der Waals surface area contributed by atoms with E-state index in [1.807, 2.05) is 6.07 Å².